The SMILES string of the molecule is CC(=O)N1CCN(c2ccc(-n3c(C)nc(C)cc3=O)cc2F)CC1. The van der Waals surface area contributed by atoms with Gasteiger partial charge in [-0.1, -0.05) is 0 Å². The fourth-order valence-corrected chi connectivity index (χ4v) is 3.21. The highest BCUT2D eigenvalue weighted by Gasteiger charge is 2.21. The van der Waals surface area contributed by atoms with Crippen LogP contribution in [-0.2, 0) is 4.79 Å². The van der Waals surface area contributed by atoms with Crippen molar-refractivity contribution in [1.82, 2.24) is 14.5 Å². The van der Waals surface area contributed by atoms with Gasteiger partial charge in [-0.05, 0) is 26.0 Å². The molecule has 1 aromatic carbocycles. The predicted molar refractivity (Wildman–Crippen MR) is 93.7 cm³/mol. The zero-order valence-electron chi connectivity index (χ0n) is 14.6. The van der Waals surface area contributed by atoms with Crippen LogP contribution >= 0.6 is 0 Å². The number of aryl methyl sites for hydroxylation is 2. The van der Waals surface area contributed by atoms with Crippen LogP contribution in [0.1, 0.15) is 18.4 Å². The molecule has 1 aromatic heterocycles. The Hall–Kier alpha value is -2.70. The Morgan fingerprint density at radius 2 is 1.80 bits per heavy atom. The van der Waals surface area contributed by atoms with E-state index in [1.54, 1.807) is 37.8 Å². The van der Waals surface area contributed by atoms with Crippen molar-refractivity contribution < 1.29 is 9.18 Å². The minimum absolute atomic E-state index is 0.0391. The Morgan fingerprint density at radius 1 is 1.12 bits per heavy atom. The molecule has 3 rings (SSSR count). The molecule has 0 aliphatic carbocycles. The summed E-state index contributed by atoms with van der Waals surface area (Å²) in [5.41, 5.74) is 1.35. The van der Waals surface area contributed by atoms with E-state index < -0.39 is 0 Å². The van der Waals surface area contributed by atoms with E-state index in [0.717, 1.165) is 0 Å². The number of rotatable bonds is 2. The minimum Gasteiger partial charge on any atom is -0.366 e. The summed E-state index contributed by atoms with van der Waals surface area (Å²) in [6.45, 7) is 7.35. The molecule has 0 bridgehead atoms. The number of hydrogen-bond donors (Lipinski definition) is 0. The number of piperazine rings is 1. The lowest BCUT2D eigenvalue weighted by Gasteiger charge is -2.35. The quantitative estimate of drug-likeness (QED) is 0.831. The van der Waals surface area contributed by atoms with E-state index in [1.165, 1.54) is 16.7 Å². The number of carbonyl (C=O) groups is 1. The van der Waals surface area contributed by atoms with Crippen molar-refractivity contribution in [3.8, 4) is 5.69 Å². The fourth-order valence-electron chi connectivity index (χ4n) is 3.21. The molecule has 6 nitrogen and oxygen atoms in total. The predicted octanol–water partition coefficient (Wildman–Crippen LogP) is 1.66. The minimum atomic E-state index is -0.388. The third kappa shape index (κ3) is 3.40. The first-order valence-corrected chi connectivity index (χ1v) is 8.24. The molecular formula is C18H21FN4O2. The molecule has 2 aromatic rings. The fraction of sp³-hybridized carbons (Fsp3) is 0.389. The Bertz CT molecular complexity index is 870. The molecule has 0 spiro atoms. The molecule has 0 N–H and O–H groups in total. The molecule has 1 aliphatic rings. The van der Waals surface area contributed by atoms with E-state index in [2.05, 4.69) is 4.98 Å². The summed E-state index contributed by atoms with van der Waals surface area (Å²) in [6.07, 6.45) is 0. The van der Waals surface area contributed by atoms with Crippen LogP contribution in [0.4, 0.5) is 10.1 Å². The van der Waals surface area contributed by atoms with Crippen molar-refractivity contribution in [2.45, 2.75) is 20.8 Å². The van der Waals surface area contributed by atoms with Gasteiger partial charge >= 0.3 is 0 Å². The molecular weight excluding hydrogens is 323 g/mol. The number of benzene rings is 1. The number of aromatic nitrogens is 2. The molecule has 2 heterocycles. The highest BCUT2D eigenvalue weighted by Crippen LogP contribution is 2.23. The van der Waals surface area contributed by atoms with Gasteiger partial charge in [0.2, 0.25) is 5.91 Å². The largest absolute Gasteiger partial charge is 0.366 e. The van der Waals surface area contributed by atoms with E-state index in [-0.39, 0.29) is 17.3 Å². The lowest BCUT2D eigenvalue weighted by molar-refractivity contribution is -0.129. The van der Waals surface area contributed by atoms with Gasteiger partial charge in [-0.3, -0.25) is 14.2 Å². The zero-order valence-corrected chi connectivity index (χ0v) is 14.6. The zero-order chi connectivity index (χ0) is 18.1. The highest BCUT2D eigenvalue weighted by atomic mass is 19.1. The van der Waals surface area contributed by atoms with Crippen molar-refractivity contribution in [3.05, 3.63) is 52.0 Å². The lowest BCUT2D eigenvalue weighted by Crippen LogP contribution is -2.48. The second kappa shape index (κ2) is 6.66. The Labute approximate surface area is 145 Å². The van der Waals surface area contributed by atoms with Gasteiger partial charge in [-0.25, -0.2) is 9.37 Å². The van der Waals surface area contributed by atoms with Gasteiger partial charge in [0.1, 0.15) is 11.6 Å². The molecule has 1 amide bonds. The maximum atomic E-state index is 14.7. The summed E-state index contributed by atoms with van der Waals surface area (Å²) in [5.74, 6) is 0.171. The number of halogens is 1. The summed E-state index contributed by atoms with van der Waals surface area (Å²) in [6, 6.07) is 6.19. The van der Waals surface area contributed by atoms with Crippen LogP contribution in [0.15, 0.2) is 29.1 Å². The van der Waals surface area contributed by atoms with Crippen LogP contribution in [0.2, 0.25) is 0 Å². The average Bonchev–Trinajstić information content (AvgIpc) is 2.54. The van der Waals surface area contributed by atoms with Crippen LogP contribution in [0.25, 0.3) is 5.69 Å². The van der Waals surface area contributed by atoms with E-state index in [9.17, 15) is 14.0 Å². The molecule has 0 saturated carbocycles. The molecule has 7 heteroatoms. The first-order chi connectivity index (χ1) is 11.9. The molecule has 0 atom stereocenters. The van der Waals surface area contributed by atoms with Crippen LogP contribution in [0.5, 0.6) is 0 Å². The number of amides is 1. The monoisotopic (exact) mass is 344 g/mol. The van der Waals surface area contributed by atoms with Gasteiger partial charge in [0.05, 0.1) is 11.4 Å². The standard InChI is InChI=1S/C18H21FN4O2/c1-12-10-18(25)23(13(2)20-12)15-4-5-17(16(19)11-15)22-8-6-21(7-9-22)14(3)24/h4-5,10-11H,6-9H2,1-3H3. The Morgan fingerprint density at radius 3 is 2.36 bits per heavy atom. The lowest BCUT2D eigenvalue weighted by atomic mass is 10.2. The molecule has 0 radical (unpaired) electrons. The molecule has 0 unspecified atom stereocenters. The summed E-state index contributed by atoms with van der Waals surface area (Å²) >= 11 is 0. The maximum Gasteiger partial charge on any atom is 0.258 e. The Kier molecular flexibility index (Phi) is 4.57. The normalized spacial score (nSPS) is 14.7. The molecule has 1 aliphatic heterocycles. The van der Waals surface area contributed by atoms with Gasteiger partial charge in [-0.15, -0.1) is 0 Å². The molecule has 1 fully saturated rings. The summed E-state index contributed by atoms with van der Waals surface area (Å²) < 4.78 is 16.1. The van der Waals surface area contributed by atoms with E-state index in [1.807, 2.05) is 4.90 Å². The summed E-state index contributed by atoms with van der Waals surface area (Å²) in [7, 11) is 0. The van der Waals surface area contributed by atoms with Crippen molar-refractivity contribution in [2.75, 3.05) is 31.1 Å². The topological polar surface area (TPSA) is 58.4 Å². The third-order valence-corrected chi connectivity index (χ3v) is 4.47. The van der Waals surface area contributed by atoms with Crippen molar-refractivity contribution in [2.24, 2.45) is 0 Å². The number of hydrogen-bond acceptors (Lipinski definition) is 4. The van der Waals surface area contributed by atoms with Gasteiger partial charge in [0.25, 0.3) is 5.56 Å². The van der Waals surface area contributed by atoms with Crippen molar-refractivity contribution in [3.63, 3.8) is 0 Å². The van der Waals surface area contributed by atoms with E-state index in [4.69, 9.17) is 0 Å². The smallest absolute Gasteiger partial charge is 0.258 e. The van der Waals surface area contributed by atoms with Crippen molar-refractivity contribution >= 4 is 11.6 Å². The molecule has 1 saturated heterocycles. The third-order valence-electron chi connectivity index (χ3n) is 4.47. The van der Waals surface area contributed by atoms with Gasteiger partial charge in [0.15, 0.2) is 0 Å². The number of carbonyl (C=O) groups excluding carboxylic acids is 1. The number of nitrogens with zero attached hydrogens (tertiary/aromatic N) is 4. The van der Waals surface area contributed by atoms with Crippen LogP contribution < -0.4 is 10.5 Å². The van der Waals surface area contributed by atoms with Crippen LogP contribution in [0.3, 0.4) is 0 Å². The van der Waals surface area contributed by atoms with Crippen LogP contribution in [-0.4, -0.2) is 46.5 Å². The van der Waals surface area contributed by atoms with Crippen molar-refractivity contribution in [1.29, 1.82) is 0 Å². The van der Waals surface area contributed by atoms with Gasteiger partial charge in [0, 0.05) is 50.9 Å². The summed E-state index contributed by atoms with van der Waals surface area (Å²) in [5, 5.41) is 0. The first kappa shape index (κ1) is 17.1. The number of anilines is 1. The van der Waals surface area contributed by atoms with Gasteiger partial charge < -0.3 is 9.80 Å². The summed E-state index contributed by atoms with van der Waals surface area (Å²) in [4.78, 5) is 31.5. The molecule has 25 heavy (non-hydrogen) atoms. The molecule has 132 valence electrons. The first-order valence-electron chi connectivity index (χ1n) is 8.24. The van der Waals surface area contributed by atoms with Crippen LogP contribution in [0, 0.1) is 19.7 Å². The van der Waals surface area contributed by atoms with E-state index in [0.29, 0.717) is 49.1 Å². The average molecular weight is 344 g/mol. The van der Waals surface area contributed by atoms with E-state index >= 15 is 0 Å². The Balaban J connectivity index is 1.88. The maximum absolute atomic E-state index is 14.7. The second-order valence-electron chi connectivity index (χ2n) is 6.25. The van der Waals surface area contributed by atoms with Gasteiger partial charge in [-0.2, -0.15) is 0 Å². The second-order valence-corrected chi connectivity index (χ2v) is 6.25. The highest BCUT2D eigenvalue weighted by molar-refractivity contribution is 5.73.